The molecule has 0 saturated carbocycles. The standard InChI is InChI=1S/C52H37N4.Pt/c1-35(2)54-34-55(49-26-13-12-25-48(49)54)40-18-14-17-38(32-40)52(45-22-9-6-19-41(45)42-20-7-10-23-46(42)52)39-27-28-44-43-21-8-11-24-47(43)56(50(44)33-39)51-31-37(29-30-53-51)36-15-4-3-5-16-36;/h3-31,34-35H,1-2H3;/q-1;. The first-order valence-corrected chi connectivity index (χ1v) is 19.3. The maximum absolute atomic E-state index is 5.00. The maximum atomic E-state index is 5.00. The molecule has 0 amide bonds. The zero-order chi connectivity index (χ0) is 37.4. The number of aromatic nitrogens is 4. The average Bonchev–Trinajstić information content (AvgIpc) is 3.91. The third-order valence-corrected chi connectivity index (χ3v) is 11.7. The van der Waals surface area contributed by atoms with E-state index >= 15 is 0 Å². The second kappa shape index (κ2) is 13.7. The van der Waals surface area contributed by atoms with E-state index in [0.29, 0.717) is 6.04 Å². The molecule has 1 aliphatic carbocycles. The van der Waals surface area contributed by atoms with Crippen LogP contribution in [0.15, 0.2) is 182 Å². The first kappa shape index (κ1) is 35.1. The number of rotatable bonds is 6. The first-order valence-electron chi connectivity index (χ1n) is 19.3. The van der Waals surface area contributed by atoms with E-state index in [0.717, 1.165) is 55.7 Å². The largest absolute Gasteiger partial charge is 0.319 e. The van der Waals surface area contributed by atoms with Gasteiger partial charge in [-0.3, -0.25) is 0 Å². The van der Waals surface area contributed by atoms with Crippen LogP contribution in [0.2, 0.25) is 0 Å². The second-order valence-electron chi connectivity index (χ2n) is 15.0. The molecule has 0 atom stereocenters. The van der Waals surface area contributed by atoms with Crippen LogP contribution >= 0.6 is 0 Å². The van der Waals surface area contributed by atoms with E-state index in [9.17, 15) is 0 Å². The molecule has 11 rings (SSSR count). The Labute approximate surface area is 346 Å². The Kier molecular flexibility index (Phi) is 8.43. The third kappa shape index (κ3) is 5.24. The zero-order valence-corrected chi connectivity index (χ0v) is 33.8. The summed E-state index contributed by atoms with van der Waals surface area (Å²) in [6, 6.07) is 69.5. The van der Waals surface area contributed by atoms with Gasteiger partial charge in [0.15, 0.2) is 17.4 Å². The van der Waals surface area contributed by atoms with Crippen LogP contribution in [0.25, 0.3) is 66.6 Å². The van der Waals surface area contributed by atoms with E-state index < -0.39 is 5.41 Å². The number of pyridine rings is 1. The van der Waals surface area contributed by atoms with Gasteiger partial charge >= 0.3 is 0 Å². The Morgan fingerprint density at radius 1 is 0.561 bits per heavy atom. The molecule has 0 bridgehead atoms. The van der Waals surface area contributed by atoms with E-state index in [1.54, 1.807) is 0 Å². The number of hydrogen-bond acceptors (Lipinski definition) is 1. The van der Waals surface area contributed by atoms with Crippen LogP contribution in [0.3, 0.4) is 0 Å². The molecule has 0 fully saturated rings. The Balaban J connectivity index is 0.00000396. The Morgan fingerprint density at radius 3 is 1.96 bits per heavy atom. The van der Waals surface area contributed by atoms with E-state index in [1.165, 1.54) is 33.2 Å². The molecule has 3 aromatic heterocycles. The molecule has 276 valence electrons. The Hall–Kier alpha value is -6.35. The van der Waals surface area contributed by atoms with Crippen LogP contribution in [0.5, 0.6) is 0 Å². The van der Waals surface area contributed by atoms with Crippen LogP contribution in [-0.2, 0) is 26.5 Å². The predicted molar refractivity (Wildman–Crippen MR) is 229 cm³/mol. The SMILES string of the molecule is CC(C)n1[cH+]n(-c2[c-]c(C3(c4[c-]c5c(cc4)c4ccccc4n5-c4cc(-c5ccccc5)ccn4)c4ccccc4-c4ccccc43)ccc2)c2ccccc21.[Pt]. The van der Waals surface area contributed by atoms with Gasteiger partial charge in [0.1, 0.15) is 5.82 Å². The fraction of sp³-hybridized carbons (Fsp3) is 0.0769. The monoisotopic (exact) mass is 912 g/mol. The van der Waals surface area contributed by atoms with Crippen molar-refractivity contribution in [1.82, 2.24) is 18.7 Å². The number of benzene rings is 7. The van der Waals surface area contributed by atoms with Gasteiger partial charge < -0.3 is 4.57 Å². The van der Waals surface area contributed by atoms with E-state index in [-0.39, 0.29) is 21.1 Å². The smallest absolute Gasteiger partial charge is 0.188 e. The predicted octanol–water partition coefficient (Wildman–Crippen LogP) is 12.4. The van der Waals surface area contributed by atoms with Gasteiger partial charge in [-0.15, -0.1) is 22.6 Å². The van der Waals surface area contributed by atoms with Crippen molar-refractivity contribution in [2.24, 2.45) is 0 Å². The summed E-state index contributed by atoms with van der Waals surface area (Å²) in [5.74, 6) is 0.860. The number of para-hydroxylation sites is 3. The molecule has 0 unspecified atom stereocenters. The van der Waals surface area contributed by atoms with Crippen molar-refractivity contribution in [3.05, 3.63) is 217 Å². The summed E-state index contributed by atoms with van der Waals surface area (Å²) in [6.07, 6.45) is 4.14. The molecule has 0 aliphatic heterocycles. The molecule has 57 heavy (non-hydrogen) atoms. The quantitative estimate of drug-likeness (QED) is 0.153. The summed E-state index contributed by atoms with van der Waals surface area (Å²) in [6.45, 7) is 4.47. The van der Waals surface area contributed by atoms with Gasteiger partial charge in [-0.25, -0.2) is 14.1 Å². The van der Waals surface area contributed by atoms with Crippen LogP contribution < -0.4 is 0 Å². The minimum Gasteiger partial charge on any atom is -0.319 e. The number of imidazole rings is 1. The summed E-state index contributed by atoms with van der Waals surface area (Å²) in [7, 11) is 0. The summed E-state index contributed by atoms with van der Waals surface area (Å²) < 4.78 is 6.92. The van der Waals surface area contributed by atoms with Gasteiger partial charge in [-0.2, -0.15) is 30.3 Å². The summed E-state index contributed by atoms with van der Waals surface area (Å²) >= 11 is 0. The van der Waals surface area contributed by atoms with E-state index in [2.05, 4.69) is 216 Å². The van der Waals surface area contributed by atoms with Gasteiger partial charge in [0.2, 0.25) is 0 Å². The van der Waals surface area contributed by atoms with Crippen LogP contribution in [0.1, 0.15) is 42.1 Å². The Bertz CT molecular complexity index is 3090. The second-order valence-corrected chi connectivity index (χ2v) is 15.0. The van der Waals surface area contributed by atoms with Crippen molar-refractivity contribution >= 4 is 32.8 Å². The number of nitrogens with zero attached hydrogens (tertiary/aromatic N) is 4. The molecule has 3 heterocycles. The van der Waals surface area contributed by atoms with Crippen molar-refractivity contribution in [3.63, 3.8) is 0 Å². The number of fused-ring (bicyclic) bond motifs is 7. The van der Waals surface area contributed by atoms with Crippen molar-refractivity contribution in [1.29, 1.82) is 0 Å². The minimum atomic E-state index is -0.699. The van der Waals surface area contributed by atoms with Crippen molar-refractivity contribution < 1.29 is 21.1 Å². The maximum Gasteiger partial charge on any atom is 0.188 e. The van der Waals surface area contributed by atoms with Gasteiger partial charge in [-0.05, 0) is 82.9 Å². The van der Waals surface area contributed by atoms with Crippen LogP contribution in [-0.4, -0.2) is 18.7 Å². The third-order valence-electron chi connectivity index (χ3n) is 11.7. The van der Waals surface area contributed by atoms with Gasteiger partial charge in [0, 0.05) is 56.0 Å². The first-order chi connectivity index (χ1) is 27.6. The summed E-state index contributed by atoms with van der Waals surface area (Å²) in [4.78, 5) is 5.00. The molecule has 1 aliphatic rings. The zero-order valence-electron chi connectivity index (χ0n) is 31.5. The van der Waals surface area contributed by atoms with Crippen LogP contribution in [0, 0.1) is 12.1 Å². The molecule has 0 spiro atoms. The van der Waals surface area contributed by atoms with Gasteiger partial charge in [0.25, 0.3) is 0 Å². The molecule has 4 nitrogen and oxygen atoms in total. The molecular weight excluding hydrogens is 876 g/mol. The fourth-order valence-corrected chi connectivity index (χ4v) is 9.22. The molecule has 0 radical (unpaired) electrons. The molecule has 5 heteroatoms. The fourth-order valence-electron chi connectivity index (χ4n) is 9.22. The summed E-state index contributed by atoms with van der Waals surface area (Å²) in [5, 5.41) is 2.31. The van der Waals surface area contributed by atoms with Crippen molar-refractivity contribution in [2.75, 3.05) is 0 Å². The normalized spacial score (nSPS) is 12.9. The van der Waals surface area contributed by atoms with Crippen LogP contribution in [0.4, 0.5) is 0 Å². The van der Waals surface area contributed by atoms with Crippen molar-refractivity contribution in [3.8, 4) is 33.8 Å². The average molecular weight is 913 g/mol. The van der Waals surface area contributed by atoms with Gasteiger partial charge in [0.05, 0.1) is 6.04 Å². The minimum absolute atomic E-state index is 0. The number of hydrogen-bond donors (Lipinski definition) is 0. The summed E-state index contributed by atoms with van der Waals surface area (Å²) in [5.41, 5.74) is 14.1. The molecule has 0 N–H and O–H groups in total. The molecule has 7 aromatic carbocycles. The molecule has 0 saturated heterocycles. The van der Waals surface area contributed by atoms with E-state index in [1.807, 2.05) is 6.20 Å². The van der Waals surface area contributed by atoms with Crippen molar-refractivity contribution in [2.45, 2.75) is 25.3 Å². The van der Waals surface area contributed by atoms with Gasteiger partial charge in [-0.1, -0.05) is 109 Å². The Morgan fingerprint density at radius 2 is 1.21 bits per heavy atom. The topological polar surface area (TPSA) is 27.7 Å². The van der Waals surface area contributed by atoms with E-state index in [4.69, 9.17) is 4.98 Å². The molecule has 10 aromatic rings. The molecular formula is C52H37N4Pt-.